The monoisotopic (exact) mass is 612 g/mol. The van der Waals surface area contributed by atoms with E-state index in [0.29, 0.717) is 26.2 Å². The third-order valence-electron chi connectivity index (χ3n) is 9.01. The van der Waals surface area contributed by atoms with Crippen molar-refractivity contribution in [2.45, 2.75) is 122 Å². The topological polar surface area (TPSA) is 72.5 Å². The second-order valence-electron chi connectivity index (χ2n) is 13.5. The summed E-state index contributed by atoms with van der Waals surface area (Å²) >= 11 is 0. The van der Waals surface area contributed by atoms with E-state index in [2.05, 4.69) is 57.9 Å². The number of rotatable bonds is 11. The summed E-state index contributed by atoms with van der Waals surface area (Å²) in [6.45, 7) is 14.5. The number of hydrogen-bond acceptors (Lipinski definition) is 7. The van der Waals surface area contributed by atoms with Crippen molar-refractivity contribution >= 4 is 14.1 Å². The first kappa shape index (κ1) is 33.9. The maximum atomic E-state index is 12.0. The van der Waals surface area contributed by atoms with E-state index < -0.39 is 8.32 Å². The molecule has 3 fully saturated rings. The van der Waals surface area contributed by atoms with Crippen molar-refractivity contribution in [1.29, 1.82) is 0 Å². The molecule has 238 valence electrons. The summed E-state index contributed by atoms with van der Waals surface area (Å²) in [4.78, 5) is 12.0. The molecule has 1 aromatic carbocycles. The van der Waals surface area contributed by atoms with Crippen molar-refractivity contribution in [3.05, 3.63) is 42.5 Å². The van der Waals surface area contributed by atoms with Crippen molar-refractivity contribution in [1.82, 2.24) is 0 Å². The van der Waals surface area contributed by atoms with Gasteiger partial charge < -0.3 is 28.1 Å². The number of ether oxygens (including phenoxy) is 5. The number of benzene rings is 1. The van der Waals surface area contributed by atoms with Crippen LogP contribution in [0.4, 0.5) is 0 Å². The van der Waals surface area contributed by atoms with Crippen LogP contribution in [0.15, 0.2) is 42.5 Å². The molecule has 1 aromatic rings. The van der Waals surface area contributed by atoms with Crippen molar-refractivity contribution < 1.29 is 32.9 Å². The smallest absolute Gasteiger partial charge is 0.202 e. The summed E-state index contributed by atoms with van der Waals surface area (Å²) in [5.74, 6) is 6.49. The zero-order chi connectivity index (χ0) is 30.9. The van der Waals surface area contributed by atoms with E-state index in [1.54, 1.807) is 0 Å². The van der Waals surface area contributed by atoms with E-state index in [4.69, 9.17) is 28.1 Å². The number of hydrogen-bond donors (Lipinski definition) is 0. The number of carbonyl (C=O) groups excluding carboxylic acids is 1. The molecule has 0 spiro atoms. The average Bonchev–Trinajstić information content (AvgIpc) is 3.28. The van der Waals surface area contributed by atoms with E-state index in [-0.39, 0.29) is 53.5 Å². The maximum Gasteiger partial charge on any atom is 0.202 e. The Morgan fingerprint density at radius 1 is 1.02 bits per heavy atom. The summed E-state index contributed by atoms with van der Waals surface area (Å²) in [6.07, 6.45) is 9.76. The minimum Gasteiger partial charge on any atom is -0.491 e. The van der Waals surface area contributed by atoms with Gasteiger partial charge in [-0.25, -0.2) is 0 Å². The molecule has 2 aliphatic heterocycles. The van der Waals surface area contributed by atoms with E-state index >= 15 is 0 Å². The fourth-order valence-corrected chi connectivity index (χ4v) is 6.92. The quantitative estimate of drug-likeness (QED) is 0.115. The Balaban J connectivity index is 1.61. The SMILES string of the molecule is CC(=O)C#CC1C(O[Si](C)(C)C(C)(C)C)CC(OC2CCCCO2)C1C=CC(COc1ccccc1)OC1CCCCO1. The van der Waals surface area contributed by atoms with Crippen LogP contribution in [0.2, 0.25) is 18.1 Å². The van der Waals surface area contributed by atoms with Crippen LogP contribution >= 0.6 is 0 Å². The van der Waals surface area contributed by atoms with Gasteiger partial charge in [0.15, 0.2) is 20.9 Å². The Morgan fingerprint density at radius 3 is 2.30 bits per heavy atom. The highest BCUT2D eigenvalue weighted by Gasteiger charge is 2.48. The van der Waals surface area contributed by atoms with E-state index in [0.717, 1.165) is 44.3 Å². The van der Waals surface area contributed by atoms with Gasteiger partial charge in [-0.05, 0) is 74.7 Å². The predicted octanol–water partition coefficient (Wildman–Crippen LogP) is 7.06. The van der Waals surface area contributed by atoms with Gasteiger partial charge >= 0.3 is 0 Å². The molecule has 1 aliphatic carbocycles. The van der Waals surface area contributed by atoms with Crippen LogP contribution in [0.1, 0.15) is 72.6 Å². The van der Waals surface area contributed by atoms with E-state index in [1.165, 1.54) is 6.92 Å². The Morgan fingerprint density at radius 2 is 1.70 bits per heavy atom. The molecule has 0 N–H and O–H groups in total. The number of para-hydroxylation sites is 1. The molecule has 7 unspecified atom stereocenters. The van der Waals surface area contributed by atoms with E-state index in [1.807, 2.05) is 30.3 Å². The lowest BCUT2D eigenvalue weighted by molar-refractivity contribution is -0.193. The normalized spacial score (nSPS) is 29.2. The summed E-state index contributed by atoms with van der Waals surface area (Å²) in [5, 5.41) is 0.0377. The molecule has 0 amide bonds. The standard InChI is InChI=1S/C35H52O7Si/c1-26(36)18-20-30-29(21-19-28(40-33-16-10-12-22-37-33)25-39-27-14-8-7-9-15-27)31(41-34-17-11-13-23-38-34)24-32(30)42-43(5,6)35(2,3)4/h7-9,14-15,19,21,28-34H,10-13,16-17,22-25H2,1-6H3. The van der Waals surface area contributed by atoms with Gasteiger partial charge in [0.2, 0.25) is 5.78 Å². The van der Waals surface area contributed by atoms with Gasteiger partial charge in [0, 0.05) is 32.5 Å². The molecular formula is C35H52O7Si. The van der Waals surface area contributed by atoms with Crippen LogP contribution in [-0.2, 0) is 28.2 Å². The molecule has 0 bridgehead atoms. The van der Waals surface area contributed by atoms with Crippen molar-refractivity contribution in [2.75, 3.05) is 19.8 Å². The third-order valence-corrected chi connectivity index (χ3v) is 13.5. The Kier molecular flexibility index (Phi) is 12.5. The molecule has 0 radical (unpaired) electrons. The van der Waals surface area contributed by atoms with Gasteiger partial charge in [0.1, 0.15) is 18.5 Å². The lowest BCUT2D eigenvalue weighted by Crippen LogP contribution is -2.45. The first-order valence-electron chi connectivity index (χ1n) is 16.1. The van der Waals surface area contributed by atoms with Crippen molar-refractivity contribution in [2.24, 2.45) is 11.8 Å². The lowest BCUT2D eigenvalue weighted by Gasteiger charge is -2.39. The van der Waals surface area contributed by atoms with Gasteiger partial charge in [0.05, 0.1) is 18.1 Å². The highest BCUT2D eigenvalue weighted by Crippen LogP contribution is 2.44. The molecule has 7 nitrogen and oxygen atoms in total. The zero-order valence-electron chi connectivity index (χ0n) is 27.0. The molecule has 1 saturated carbocycles. The summed E-state index contributed by atoms with van der Waals surface area (Å²) in [6, 6.07) is 9.77. The molecule has 4 rings (SSSR count). The highest BCUT2D eigenvalue weighted by atomic mass is 28.4. The lowest BCUT2D eigenvalue weighted by atomic mass is 9.93. The molecule has 2 saturated heterocycles. The summed E-state index contributed by atoms with van der Waals surface area (Å²) in [7, 11) is -2.13. The Labute approximate surface area is 260 Å². The number of ketones is 1. The number of carbonyl (C=O) groups is 1. The average molecular weight is 613 g/mol. The Hall–Kier alpha value is -1.99. The molecular weight excluding hydrogens is 560 g/mol. The van der Waals surface area contributed by atoms with Crippen LogP contribution in [0, 0.1) is 23.7 Å². The van der Waals surface area contributed by atoms with Crippen molar-refractivity contribution in [3.8, 4) is 17.6 Å². The van der Waals surface area contributed by atoms with Gasteiger partial charge in [-0.15, -0.1) is 0 Å². The molecule has 2 heterocycles. The van der Waals surface area contributed by atoms with E-state index in [9.17, 15) is 4.79 Å². The van der Waals surface area contributed by atoms with Crippen LogP contribution in [-0.4, -0.2) is 64.8 Å². The predicted molar refractivity (Wildman–Crippen MR) is 170 cm³/mol. The Bertz CT molecular complexity index is 1090. The van der Waals surface area contributed by atoms with Gasteiger partial charge in [-0.2, -0.15) is 0 Å². The fraction of sp³-hybridized carbons (Fsp3) is 0.686. The van der Waals surface area contributed by atoms with Gasteiger partial charge in [-0.3, -0.25) is 4.79 Å². The first-order chi connectivity index (χ1) is 20.5. The number of Topliss-reactive ketones (excluding diaryl/α,β-unsaturated/α-hetero) is 1. The molecule has 8 heteroatoms. The van der Waals surface area contributed by atoms with Crippen LogP contribution in [0.3, 0.4) is 0 Å². The summed E-state index contributed by atoms with van der Waals surface area (Å²) < 4.78 is 38.1. The molecule has 43 heavy (non-hydrogen) atoms. The molecule has 7 atom stereocenters. The van der Waals surface area contributed by atoms with Crippen LogP contribution in [0.25, 0.3) is 0 Å². The minimum atomic E-state index is -2.13. The van der Waals surface area contributed by atoms with Gasteiger partial charge in [0.25, 0.3) is 0 Å². The second-order valence-corrected chi connectivity index (χ2v) is 18.3. The highest BCUT2D eigenvalue weighted by molar-refractivity contribution is 6.74. The third kappa shape index (κ3) is 10.3. The fourth-order valence-electron chi connectivity index (χ4n) is 5.57. The largest absolute Gasteiger partial charge is 0.491 e. The zero-order valence-corrected chi connectivity index (χ0v) is 28.0. The first-order valence-corrected chi connectivity index (χ1v) is 19.0. The van der Waals surface area contributed by atoms with Gasteiger partial charge in [-0.1, -0.05) is 57.0 Å². The summed E-state index contributed by atoms with van der Waals surface area (Å²) in [5.41, 5.74) is 0. The van der Waals surface area contributed by atoms with Crippen LogP contribution in [0.5, 0.6) is 5.75 Å². The molecule has 0 aromatic heterocycles. The second kappa shape index (κ2) is 15.8. The minimum absolute atomic E-state index is 0.0377. The maximum absolute atomic E-state index is 12.0. The van der Waals surface area contributed by atoms with Crippen molar-refractivity contribution in [3.63, 3.8) is 0 Å². The van der Waals surface area contributed by atoms with Crippen LogP contribution < -0.4 is 4.74 Å². The molecule has 3 aliphatic rings.